The molecule has 0 spiro atoms. The highest BCUT2D eigenvalue weighted by Crippen LogP contribution is 2.32. The van der Waals surface area contributed by atoms with Crippen molar-refractivity contribution in [1.82, 2.24) is 9.55 Å². The Morgan fingerprint density at radius 2 is 2.29 bits per heavy atom. The summed E-state index contributed by atoms with van der Waals surface area (Å²) in [4.78, 5) is 32.4. The number of ether oxygens (including phenoxy) is 1. The van der Waals surface area contributed by atoms with Gasteiger partial charge in [0.15, 0.2) is 5.16 Å². The van der Waals surface area contributed by atoms with Crippen LogP contribution in [0.15, 0.2) is 34.2 Å². The summed E-state index contributed by atoms with van der Waals surface area (Å²) in [5.74, 6) is -0.870. The predicted molar refractivity (Wildman–Crippen MR) is 107 cm³/mol. The van der Waals surface area contributed by atoms with Crippen molar-refractivity contribution < 1.29 is 19.5 Å². The second-order valence-electron chi connectivity index (χ2n) is 6.71. The summed E-state index contributed by atoms with van der Waals surface area (Å²) in [6.07, 6.45) is 0.835. The van der Waals surface area contributed by atoms with Crippen LogP contribution in [0.25, 0.3) is 15.9 Å². The number of hydrogen-bond donors (Lipinski definition) is 1. The number of benzene rings is 1. The van der Waals surface area contributed by atoms with Crippen molar-refractivity contribution in [3.8, 4) is 11.4 Å². The maximum absolute atomic E-state index is 13.5. The molecule has 7 nitrogen and oxygen atoms in total. The molecule has 3 heterocycles. The molecular formula is C19H19N3O4S2. The van der Waals surface area contributed by atoms with Gasteiger partial charge in [0.05, 0.1) is 42.6 Å². The molecule has 1 unspecified atom stereocenters. The second-order valence-corrected chi connectivity index (χ2v) is 8.74. The van der Waals surface area contributed by atoms with E-state index < -0.39 is 5.97 Å². The zero-order valence-electron chi connectivity index (χ0n) is 15.5. The summed E-state index contributed by atoms with van der Waals surface area (Å²) >= 11 is 2.52. The Morgan fingerprint density at radius 1 is 1.46 bits per heavy atom. The molecule has 0 bridgehead atoms. The van der Waals surface area contributed by atoms with Gasteiger partial charge >= 0.3 is 0 Å². The van der Waals surface area contributed by atoms with E-state index >= 15 is 0 Å². The van der Waals surface area contributed by atoms with Crippen molar-refractivity contribution in [2.45, 2.75) is 18.1 Å². The molecule has 0 saturated carbocycles. The number of thioether (sulfide) groups is 1. The van der Waals surface area contributed by atoms with E-state index in [0.717, 1.165) is 36.8 Å². The van der Waals surface area contributed by atoms with Crippen LogP contribution in [0.5, 0.6) is 5.75 Å². The molecule has 146 valence electrons. The molecule has 0 saturated heterocycles. The monoisotopic (exact) mass is 417 g/mol. The van der Waals surface area contributed by atoms with Gasteiger partial charge in [-0.1, -0.05) is 17.8 Å². The number of aromatic nitrogens is 2. The molecule has 28 heavy (non-hydrogen) atoms. The third-order valence-corrected chi connectivity index (χ3v) is 6.81. The van der Waals surface area contributed by atoms with Gasteiger partial charge in [0.2, 0.25) is 0 Å². The van der Waals surface area contributed by atoms with E-state index in [1.54, 1.807) is 31.4 Å². The molecule has 3 aromatic rings. The number of hydrogen-bond acceptors (Lipinski definition) is 7. The maximum Gasteiger partial charge on any atom is 0.267 e. The van der Waals surface area contributed by atoms with Crippen molar-refractivity contribution in [1.29, 1.82) is 0 Å². The number of carboxylic acids is 1. The first kappa shape index (κ1) is 19.0. The van der Waals surface area contributed by atoms with E-state index in [4.69, 9.17) is 4.74 Å². The maximum atomic E-state index is 13.5. The number of quaternary nitrogens is 1. The van der Waals surface area contributed by atoms with E-state index in [1.807, 2.05) is 0 Å². The summed E-state index contributed by atoms with van der Waals surface area (Å²) in [5, 5.41) is 12.0. The van der Waals surface area contributed by atoms with Crippen LogP contribution in [0, 0.1) is 0 Å². The average molecular weight is 418 g/mol. The van der Waals surface area contributed by atoms with E-state index in [-0.39, 0.29) is 11.3 Å². The standard InChI is InChI=1S/C19H19N3O4S2/c1-21-7-6-13-14(9-21)28-17-16(13)18(25)22(19(20-17)27-10-15(23)24)11-4-3-5-12(8-11)26-2/h3-5,8H,6-7,9-10H2,1-2H3,(H,23,24). The Hall–Kier alpha value is -2.36. The Bertz CT molecular complexity index is 1120. The van der Waals surface area contributed by atoms with E-state index in [2.05, 4.69) is 12.0 Å². The van der Waals surface area contributed by atoms with Gasteiger partial charge < -0.3 is 19.5 Å². The summed E-state index contributed by atoms with van der Waals surface area (Å²) < 4.78 is 6.76. The fourth-order valence-corrected chi connectivity index (χ4v) is 5.54. The quantitative estimate of drug-likeness (QED) is 0.460. The lowest BCUT2D eigenvalue weighted by atomic mass is 10.1. The molecular weight excluding hydrogens is 398 g/mol. The normalized spacial score (nSPS) is 16.1. The number of likely N-dealkylation sites (N-methyl/N-ethyl adjacent to an activating group) is 1. The van der Waals surface area contributed by atoms with Gasteiger partial charge in [-0.3, -0.25) is 9.36 Å². The number of carboxylic acid groups (broad SMARTS) is 1. The largest absolute Gasteiger partial charge is 0.549 e. The van der Waals surface area contributed by atoms with Gasteiger partial charge in [-0.2, -0.15) is 0 Å². The zero-order chi connectivity index (χ0) is 19.8. The molecule has 0 amide bonds. The molecule has 1 aliphatic rings. The lowest BCUT2D eigenvalue weighted by Crippen LogP contribution is -3.08. The molecule has 1 atom stereocenters. The summed E-state index contributed by atoms with van der Waals surface area (Å²) in [7, 11) is 3.69. The van der Waals surface area contributed by atoms with E-state index in [1.165, 1.54) is 25.7 Å². The minimum atomic E-state index is -1.20. The van der Waals surface area contributed by atoms with Crippen molar-refractivity contribution in [2.75, 3.05) is 26.5 Å². The first-order chi connectivity index (χ1) is 13.5. The molecule has 1 aliphatic heterocycles. The van der Waals surface area contributed by atoms with Gasteiger partial charge in [0, 0.05) is 18.2 Å². The molecule has 0 aliphatic carbocycles. The first-order valence-corrected chi connectivity index (χ1v) is 10.6. The lowest BCUT2D eigenvalue weighted by molar-refractivity contribution is -0.895. The van der Waals surface area contributed by atoms with E-state index in [0.29, 0.717) is 26.8 Å². The van der Waals surface area contributed by atoms with Crippen LogP contribution in [0.4, 0.5) is 0 Å². The fraction of sp³-hybridized carbons (Fsp3) is 0.316. The van der Waals surface area contributed by atoms with Crippen molar-refractivity contribution in [2.24, 2.45) is 0 Å². The first-order valence-electron chi connectivity index (χ1n) is 8.83. The van der Waals surface area contributed by atoms with Crippen molar-refractivity contribution in [3.05, 3.63) is 45.1 Å². The summed E-state index contributed by atoms with van der Waals surface area (Å²) in [6.45, 7) is 1.84. The van der Waals surface area contributed by atoms with Gasteiger partial charge in [-0.25, -0.2) is 4.98 Å². The Labute approximate surface area is 169 Å². The van der Waals surface area contributed by atoms with Crippen LogP contribution in [-0.4, -0.2) is 42.0 Å². The number of rotatable bonds is 5. The number of methoxy groups -OCH3 is 1. The number of nitrogens with one attached hydrogen (secondary N) is 1. The Balaban J connectivity index is 1.96. The molecule has 1 N–H and O–H groups in total. The smallest absolute Gasteiger partial charge is 0.267 e. The number of fused-ring (bicyclic) bond motifs is 3. The highest BCUT2D eigenvalue weighted by Gasteiger charge is 2.26. The van der Waals surface area contributed by atoms with Crippen LogP contribution in [-0.2, 0) is 17.8 Å². The topological polar surface area (TPSA) is 88.7 Å². The van der Waals surface area contributed by atoms with Crippen LogP contribution < -0.4 is 20.3 Å². The number of thiophene rings is 1. The van der Waals surface area contributed by atoms with Gasteiger partial charge in [0.25, 0.3) is 5.56 Å². The fourth-order valence-electron chi connectivity index (χ4n) is 3.44. The van der Waals surface area contributed by atoms with Gasteiger partial charge in [-0.15, -0.1) is 11.3 Å². The Morgan fingerprint density at radius 3 is 3.04 bits per heavy atom. The zero-order valence-corrected chi connectivity index (χ0v) is 17.1. The number of carbonyl (C=O) groups is 1. The number of carbonyl (C=O) groups excluding carboxylic acids is 1. The average Bonchev–Trinajstić information content (AvgIpc) is 3.03. The highest BCUT2D eigenvalue weighted by atomic mass is 32.2. The van der Waals surface area contributed by atoms with Gasteiger partial charge in [-0.05, 0) is 17.7 Å². The van der Waals surface area contributed by atoms with Crippen LogP contribution in [0.1, 0.15) is 10.4 Å². The Kier molecular flexibility index (Phi) is 5.13. The lowest BCUT2D eigenvalue weighted by Gasteiger charge is -2.19. The predicted octanol–water partition coefficient (Wildman–Crippen LogP) is -0.131. The highest BCUT2D eigenvalue weighted by molar-refractivity contribution is 7.99. The molecule has 4 rings (SSSR count). The van der Waals surface area contributed by atoms with Crippen LogP contribution in [0.2, 0.25) is 0 Å². The third kappa shape index (κ3) is 3.41. The molecule has 0 fully saturated rings. The number of nitrogens with zero attached hydrogens (tertiary/aromatic N) is 2. The van der Waals surface area contributed by atoms with E-state index in [9.17, 15) is 14.7 Å². The van der Waals surface area contributed by atoms with Crippen LogP contribution in [0.3, 0.4) is 0 Å². The van der Waals surface area contributed by atoms with Crippen molar-refractivity contribution in [3.63, 3.8) is 0 Å². The molecule has 0 radical (unpaired) electrons. The second kappa shape index (κ2) is 7.57. The molecule has 1 aromatic carbocycles. The third-order valence-electron chi connectivity index (χ3n) is 4.77. The number of aliphatic carboxylic acids is 1. The molecule has 9 heteroatoms. The van der Waals surface area contributed by atoms with Crippen LogP contribution >= 0.6 is 23.1 Å². The molecule has 2 aromatic heterocycles. The van der Waals surface area contributed by atoms with Crippen molar-refractivity contribution >= 4 is 39.3 Å². The minimum absolute atomic E-state index is 0.170. The summed E-state index contributed by atoms with van der Waals surface area (Å²) in [6, 6.07) is 7.12. The SMILES string of the molecule is COc1cccc(-n2c(SCC(=O)[O-])nc3sc4c(c3c2=O)CC[NH+](C)C4)c1. The summed E-state index contributed by atoms with van der Waals surface area (Å²) in [5.41, 5.74) is 1.51. The van der Waals surface area contributed by atoms with Gasteiger partial charge in [0.1, 0.15) is 17.1 Å². The minimum Gasteiger partial charge on any atom is -0.549 e.